The highest BCUT2D eigenvalue weighted by atomic mass is 35.5. The zero-order valence-electron chi connectivity index (χ0n) is 10.7. The summed E-state index contributed by atoms with van der Waals surface area (Å²) in [5, 5.41) is 6.98. The molecule has 2 aromatic carbocycles. The highest BCUT2D eigenvalue weighted by molar-refractivity contribution is 6.33. The normalized spacial score (nSPS) is 10.8. The lowest BCUT2D eigenvalue weighted by atomic mass is 10.0. The molecule has 106 valence electrons. The van der Waals surface area contributed by atoms with Crippen LogP contribution < -0.4 is 5.73 Å². The van der Waals surface area contributed by atoms with Gasteiger partial charge in [-0.05, 0) is 24.3 Å². The van der Waals surface area contributed by atoms with Gasteiger partial charge in [-0.1, -0.05) is 29.8 Å². The Hall–Kier alpha value is -2.40. The van der Waals surface area contributed by atoms with Gasteiger partial charge in [-0.2, -0.15) is 5.10 Å². The van der Waals surface area contributed by atoms with Crippen LogP contribution in [-0.4, -0.2) is 10.2 Å². The first-order valence-electron chi connectivity index (χ1n) is 6.12. The van der Waals surface area contributed by atoms with Gasteiger partial charge in [0, 0.05) is 16.1 Å². The summed E-state index contributed by atoms with van der Waals surface area (Å²) in [4.78, 5) is 0. The van der Waals surface area contributed by atoms with E-state index in [0.717, 1.165) is 18.2 Å². The number of aromatic amines is 1. The van der Waals surface area contributed by atoms with Crippen molar-refractivity contribution in [2.24, 2.45) is 0 Å². The number of nitrogens with zero attached hydrogens (tertiary/aromatic N) is 1. The van der Waals surface area contributed by atoms with E-state index in [1.807, 2.05) is 0 Å². The van der Waals surface area contributed by atoms with Gasteiger partial charge in [0.05, 0.1) is 11.3 Å². The van der Waals surface area contributed by atoms with E-state index < -0.39 is 11.6 Å². The Kier molecular flexibility index (Phi) is 3.35. The molecule has 1 heterocycles. The molecule has 0 atom stereocenters. The molecule has 3 nitrogen and oxygen atoms in total. The van der Waals surface area contributed by atoms with Crippen molar-refractivity contribution in [3.8, 4) is 22.4 Å². The van der Waals surface area contributed by atoms with Crippen molar-refractivity contribution < 1.29 is 8.78 Å². The number of H-pyrrole nitrogens is 1. The summed E-state index contributed by atoms with van der Waals surface area (Å²) >= 11 is 6.15. The molecule has 0 unspecified atom stereocenters. The summed E-state index contributed by atoms with van der Waals surface area (Å²) in [6.45, 7) is 0. The summed E-state index contributed by atoms with van der Waals surface area (Å²) in [7, 11) is 0. The van der Waals surface area contributed by atoms with Gasteiger partial charge in [-0.3, -0.25) is 5.10 Å². The molecule has 3 N–H and O–H groups in total. The van der Waals surface area contributed by atoms with Gasteiger partial charge in [-0.15, -0.1) is 0 Å². The van der Waals surface area contributed by atoms with E-state index in [9.17, 15) is 8.78 Å². The van der Waals surface area contributed by atoms with Crippen molar-refractivity contribution in [2.75, 3.05) is 5.73 Å². The number of halogens is 3. The lowest BCUT2D eigenvalue weighted by Crippen LogP contribution is -1.92. The molecule has 0 amide bonds. The summed E-state index contributed by atoms with van der Waals surface area (Å²) in [6, 6.07) is 10.2. The molecule has 3 aromatic rings. The minimum atomic E-state index is -0.576. The molecule has 21 heavy (non-hydrogen) atoms. The smallest absolute Gasteiger partial charge is 0.153 e. The summed E-state index contributed by atoms with van der Waals surface area (Å²) in [6.07, 6.45) is 0. The molecule has 1 aromatic heterocycles. The second-order valence-electron chi connectivity index (χ2n) is 4.46. The maximum absolute atomic E-state index is 14.0. The number of hydrogen-bond donors (Lipinski definition) is 2. The van der Waals surface area contributed by atoms with E-state index in [0.29, 0.717) is 16.1 Å². The first kappa shape index (κ1) is 13.6. The molecule has 6 heteroatoms. The third-order valence-electron chi connectivity index (χ3n) is 3.14. The maximum Gasteiger partial charge on any atom is 0.153 e. The van der Waals surface area contributed by atoms with Crippen molar-refractivity contribution in [1.82, 2.24) is 10.2 Å². The lowest BCUT2D eigenvalue weighted by molar-refractivity contribution is 0.602. The molecule has 0 fully saturated rings. The first-order chi connectivity index (χ1) is 10.1. The fourth-order valence-corrected chi connectivity index (χ4v) is 2.41. The molecule has 0 spiro atoms. The Labute approximate surface area is 124 Å². The van der Waals surface area contributed by atoms with Gasteiger partial charge in [0.2, 0.25) is 0 Å². The zero-order valence-corrected chi connectivity index (χ0v) is 11.5. The maximum atomic E-state index is 14.0. The van der Waals surface area contributed by atoms with E-state index >= 15 is 0 Å². The van der Waals surface area contributed by atoms with Gasteiger partial charge in [0.25, 0.3) is 0 Å². The molecule has 0 aliphatic carbocycles. The minimum Gasteiger partial charge on any atom is -0.382 e. The molecule has 0 aliphatic heterocycles. The predicted molar refractivity (Wildman–Crippen MR) is 78.8 cm³/mol. The van der Waals surface area contributed by atoms with Crippen LogP contribution in [0.15, 0.2) is 42.5 Å². The average molecular weight is 306 g/mol. The molecule has 0 bridgehead atoms. The van der Waals surface area contributed by atoms with Crippen LogP contribution in [0, 0.1) is 11.6 Å². The minimum absolute atomic E-state index is 0.0501. The van der Waals surface area contributed by atoms with Crippen LogP contribution in [0.3, 0.4) is 0 Å². The van der Waals surface area contributed by atoms with Crippen molar-refractivity contribution in [3.05, 3.63) is 59.1 Å². The second-order valence-corrected chi connectivity index (χ2v) is 4.87. The van der Waals surface area contributed by atoms with Crippen molar-refractivity contribution in [2.45, 2.75) is 0 Å². The Bertz CT molecular complexity index is 814. The molecule has 0 saturated carbocycles. The predicted octanol–water partition coefficient (Wildman–Crippen LogP) is 4.26. The highest BCUT2D eigenvalue weighted by Gasteiger charge is 2.19. The lowest BCUT2D eigenvalue weighted by Gasteiger charge is -2.07. The van der Waals surface area contributed by atoms with Crippen LogP contribution in [0.4, 0.5) is 14.6 Å². The van der Waals surface area contributed by atoms with Crippen LogP contribution in [0.5, 0.6) is 0 Å². The van der Waals surface area contributed by atoms with Gasteiger partial charge >= 0.3 is 0 Å². The number of anilines is 1. The first-order valence-corrected chi connectivity index (χ1v) is 6.50. The molecule has 3 rings (SSSR count). The van der Waals surface area contributed by atoms with Crippen molar-refractivity contribution in [3.63, 3.8) is 0 Å². The van der Waals surface area contributed by atoms with Gasteiger partial charge in [-0.25, -0.2) is 8.78 Å². The Balaban J connectivity index is 2.27. The van der Waals surface area contributed by atoms with E-state index in [2.05, 4.69) is 10.2 Å². The molecule has 0 aliphatic rings. The molecular weight excluding hydrogens is 296 g/mol. The summed E-state index contributed by atoms with van der Waals surface area (Å²) < 4.78 is 27.4. The Morgan fingerprint density at radius 2 is 1.81 bits per heavy atom. The van der Waals surface area contributed by atoms with E-state index in [-0.39, 0.29) is 17.1 Å². The van der Waals surface area contributed by atoms with Crippen LogP contribution >= 0.6 is 11.6 Å². The second kappa shape index (κ2) is 5.18. The number of benzene rings is 2. The van der Waals surface area contributed by atoms with Gasteiger partial charge in [0.1, 0.15) is 11.6 Å². The molecule has 0 saturated heterocycles. The zero-order chi connectivity index (χ0) is 15.0. The Morgan fingerprint density at radius 1 is 1.05 bits per heavy atom. The topological polar surface area (TPSA) is 54.7 Å². The molecule has 0 radical (unpaired) electrons. The van der Waals surface area contributed by atoms with Crippen LogP contribution in [-0.2, 0) is 0 Å². The van der Waals surface area contributed by atoms with Gasteiger partial charge < -0.3 is 5.73 Å². The third kappa shape index (κ3) is 2.36. The number of rotatable bonds is 2. The van der Waals surface area contributed by atoms with E-state index in [4.69, 9.17) is 17.3 Å². The highest BCUT2D eigenvalue weighted by Crippen LogP contribution is 2.39. The fourth-order valence-electron chi connectivity index (χ4n) is 2.18. The monoisotopic (exact) mass is 305 g/mol. The largest absolute Gasteiger partial charge is 0.382 e. The Morgan fingerprint density at radius 3 is 2.57 bits per heavy atom. The van der Waals surface area contributed by atoms with Crippen molar-refractivity contribution >= 4 is 17.4 Å². The molecular formula is C15H10ClF2N3. The van der Waals surface area contributed by atoms with E-state index in [1.54, 1.807) is 24.3 Å². The van der Waals surface area contributed by atoms with Crippen LogP contribution in [0.1, 0.15) is 0 Å². The number of nitrogens with two attached hydrogens (primary N) is 1. The standard InChI is InChI=1S/C15H10ClF2N3/c16-11-4-2-1-3-9(11)13-14(20-21-15(13)19)10-7-8(17)5-6-12(10)18/h1-7H,(H3,19,20,21). The van der Waals surface area contributed by atoms with Gasteiger partial charge in [0.15, 0.2) is 5.82 Å². The number of nitrogen functional groups attached to an aromatic ring is 1. The number of hydrogen-bond acceptors (Lipinski definition) is 2. The van der Waals surface area contributed by atoms with Crippen LogP contribution in [0.2, 0.25) is 5.02 Å². The summed E-state index contributed by atoms with van der Waals surface area (Å²) in [5.74, 6) is -0.959. The van der Waals surface area contributed by atoms with E-state index in [1.165, 1.54) is 0 Å². The number of nitrogens with one attached hydrogen (secondary N) is 1. The van der Waals surface area contributed by atoms with Crippen LogP contribution in [0.25, 0.3) is 22.4 Å². The quantitative estimate of drug-likeness (QED) is 0.743. The van der Waals surface area contributed by atoms with Crippen molar-refractivity contribution in [1.29, 1.82) is 0 Å². The SMILES string of the molecule is Nc1n[nH]c(-c2cc(F)ccc2F)c1-c1ccccc1Cl. The summed E-state index contributed by atoms with van der Waals surface area (Å²) in [5.41, 5.74) is 7.24. The average Bonchev–Trinajstić information content (AvgIpc) is 2.84. The number of aromatic nitrogens is 2. The third-order valence-corrected chi connectivity index (χ3v) is 3.46. The fraction of sp³-hybridized carbons (Fsp3) is 0.